The molecule has 1 fully saturated rings. The van der Waals surface area contributed by atoms with Crippen molar-refractivity contribution >= 4 is 16.7 Å². The Bertz CT molecular complexity index is 864. The predicted molar refractivity (Wildman–Crippen MR) is 90.3 cm³/mol. The number of H-pyrrole nitrogens is 1. The largest absolute Gasteiger partial charge is 0.336 e. The van der Waals surface area contributed by atoms with E-state index in [9.17, 15) is 4.79 Å². The number of fused-ring (bicyclic) bond motifs is 1. The van der Waals surface area contributed by atoms with Crippen molar-refractivity contribution in [3.63, 3.8) is 0 Å². The maximum Gasteiger partial charge on any atom is 0.274 e. The van der Waals surface area contributed by atoms with Gasteiger partial charge >= 0.3 is 0 Å². The minimum atomic E-state index is -0.0405. The lowest BCUT2D eigenvalue weighted by atomic mass is 10.1. The molecular weight excluding hydrogens is 286 g/mol. The van der Waals surface area contributed by atoms with Crippen LogP contribution >= 0.6 is 0 Å². The number of aromatic nitrogens is 2. The topological polar surface area (TPSA) is 49.0 Å². The van der Waals surface area contributed by atoms with Crippen molar-refractivity contribution in [2.75, 3.05) is 7.05 Å². The first kappa shape index (κ1) is 14.0. The minimum Gasteiger partial charge on any atom is -0.336 e. The van der Waals surface area contributed by atoms with Gasteiger partial charge in [0, 0.05) is 25.2 Å². The molecule has 1 N–H and O–H groups in total. The first-order valence-corrected chi connectivity index (χ1v) is 7.99. The number of hydrogen-bond acceptors (Lipinski definition) is 2. The lowest BCUT2D eigenvalue weighted by molar-refractivity contribution is 0.0779. The van der Waals surface area contributed by atoms with Crippen molar-refractivity contribution < 1.29 is 4.79 Å². The molecule has 4 rings (SSSR count). The lowest BCUT2D eigenvalue weighted by Gasteiger charge is -2.16. The van der Waals surface area contributed by atoms with Crippen LogP contribution in [0, 0.1) is 0 Å². The monoisotopic (exact) mass is 305 g/mol. The number of rotatable bonds is 4. The molecule has 4 nitrogen and oxygen atoms in total. The second-order valence-corrected chi connectivity index (χ2v) is 6.33. The van der Waals surface area contributed by atoms with Crippen molar-refractivity contribution in [3.05, 3.63) is 65.5 Å². The third-order valence-corrected chi connectivity index (χ3v) is 4.41. The average Bonchev–Trinajstić information content (AvgIpc) is 3.31. The molecule has 1 aliphatic carbocycles. The molecule has 0 saturated heterocycles. The van der Waals surface area contributed by atoms with E-state index in [0.29, 0.717) is 18.2 Å². The van der Waals surface area contributed by atoms with Crippen molar-refractivity contribution in [1.29, 1.82) is 0 Å². The molecule has 2 aromatic carbocycles. The van der Waals surface area contributed by atoms with Crippen molar-refractivity contribution in [2.45, 2.75) is 25.3 Å². The molecule has 0 bridgehead atoms. The van der Waals surface area contributed by atoms with Gasteiger partial charge < -0.3 is 4.90 Å². The summed E-state index contributed by atoms with van der Waals surface area (Å²) in [6.45, 7) is 0.579. The average molecular weight is 305 g/mol. The van der Waals surface area contributed by atoms with E-state index >= 15 is 0 Å². The molecular formula is C19H19N3O. The van der Waals surface area contributed by atoms with Crippen molar-refractivity contribution in [2.24, 2.45) is 0 Å². The number of carbonyl (C=O) groups excluding carboxylic acids is 1. The highest BCUT2D eigenvalue weighted by Crippen LogP contribution is 2.39. The molecule has 1 aliphatic rings. The van der Waals surface area contributed by atoms with Crippen LogP contribution in [0.3, 0.4) is 0 Å². The smallest absolute Gasteiger partial charge is 0.274 e. The Morgan fingerprint density at radius 2 is 1.96 bits per heavy atom. The highest BCUT2D eigenvalue weighted by molar-refractivity contribution is 5.92. The van der Waals surface area contributed by atoms with Gasteiger partial charge in [-0.2, -0.15) is 5.10 Å². The maximum absolute atomic E-state index is 12.5. The van der Waals surface area contributed by atoms with Crippen LogP contribution in [-0.2, 0) is 6.54 Å². The Morgan fingerprint density at radius 1 is 1.17 bits per heavy atom. The summed E-state index contributed by atoms with van der Waals surface area (Å²) in [5, 5.41) is 9.58. The third kappa shape index (κ3) is 2.84. The Balaban J connectivity index is 1.50. The number of amides is 1. The van der Waals surface area contributed by atoms with Gasteiger partial charge in [-0.15, -0.1) is 0 Å². The number of nitrogens with one attached hydrogen (secondary N) is 1. The fourth-order valence-electron chi connectivity index (χ4n) is 2.93. The van der Waals surface area contributed by atoms with Crippen molar-refractivity contribution in [1.82, 2.24) is 15.1 Å². The normalized spacial score (nSPS) is 14.1. The number of benzene rings is 2. The maximum atomic E-state index is 12.5. The van der Waals surface area contributed by atoms with Gasteiger partial charge in [-0.3, -0.25) is 9.89 Å². The summed E-state index contributed by atoms with van der Waals surface area (Å²) in [5.74, 6) is 0.538. The summed E-state index contributed by atoms with van der Waals surface area (Å²) < 4.78 is 0. The van der Waals surface area contributed by atoms with Gasteiger partial charge in [0.1, 0.15) is 5.69 Å². The summed E-state index contributed by atoms with van der Waals surface area (Å²) >= 11 is 0. The van der Waals surface area contributed by atoms with Gasteiger partial charge in [0.2, 0.25) is 0 Å². The summed E-state index contributed by atoms with van der Waals surface area (Å²) in [5.41, 5.74) is 2.72. The molecule has 1 amide bonds. The lowest BCUT2D eigenvalue weighted by Crippen LogP contribution is -2.26. The van der Waals surface area contributed by atoms with Gasteiger partial charge in [0.15, 0.2) is 0 Å². The number of carbonyl (C=O) groups is 1. The number of aromatic amines is 1. The number of hydrogen-bond donors (Lipinski definition) is 1. The van der Waals surface area contributed by atoms with E-state index in [2.05, 4.69) is 40.5 Å². The van der Waals surface area contributed by atoms with Crippen LogP contribution in [0.25, 0.3) is 10.8 Å². The molecule has 23 heavy (non-hydrogen) atoms. The Hall–Kier alpha value is -2.62. The van der Waals surface area contributed by atoms with Crippen LogP contribution in [0.5, 0.6) is 0 Å². The second-order valence-electron chi connectivity index (χ2n) is 6.33. The summed E-state index contributed by atoms with van der Waals surface area (Å²) in [6.07, 6.45) is 2.39. The van der Waals surface area contributed by atoms with Gasteiger partial charge in [-0.05, 0) is 41.3 Å². The van der Waals surface area contributed by atoms with E-state index in [4.69, 9.17) is 0 Å². The fourth-order valence-corrected chi connectivity index (χ4v) is 2.93. The molecule has 3 aromatic rings. The zero-order valence-corrected chi connectivity index (χ0v) is 13.1. The predicted octanol–water partition coefficient (Wildman–Crippen LogP) is 3.71. The van der Waals surface area contributed by atoms with E-state index in [1.54, 1.807) is 4.90 Å². The molecule has 1 heterocycles. The number of nitrogens with zero attached hydrogens (tertiary/aromatic N) is 2. The Kier molecular flexibility index (Phi) is 3.37. The molecule has 1 saturated carbocycles. The first-order chi connectivity index (χ1) is 11.2. The zero-order valence-electron chi connectivity index (χ0n) is 13.1. The van der Waals surface area contributed by atoms with E-state index in [1.165, 1.54) is 23.6 Å². The molecule has 0 unspecified atom stereocenters. The van der Waals surface area contributed by atoms with Crippen LogP contribution in [0.1, 0.15) is 40.5 Å². The summed E-state index contributed by atoms with van der Waals surface area (Å²) in [7, 11) is 1.82. The Morgan fingerprint density at radius 3 is 2.74 bits per heavy atom. The van der Waals surface area contributed by atoms with Crippen LogP contribution in [0.4, 0.5) is 0 Å². The summed E-state index contributed by atoms with van der Waals surface area (Å²) in [4.78, 5) is 14.2. The standard InChI is InChI=1S/C19H19N3O/c1-22(19(23)18-11-17(20-21-18)15-8-9-15)12-13-6-7-14-4-2-3-5-16(14)10-13/h2-7,10-11,15H,8-9,12H2,1H3,(H,20,21). The van der Waals surface area contributed by atoms with E-state index in [1.807, 2.05) is 25.2 Å². The SMILES string of the molecule is CN(Cc1ccc2ccccc2c1)C(=O)c1cc(C2CC2)[nH]n1. The van der Waals surface area contributed by atoms with Gasteiger partial charge in [0.25, 0.3) is 5.91 Å². The first-order valence-electron chi connectivity index (χ1n) is 7.99. The molecule has 1 aromatic heterocycles. The third-order valence-electron chi connectivity index (χ3n) is 4.41. The molecule has 0 spiro atoms. The quantitative estimate of drug-likeness (QED) is 0.798. The summed E-state index contributed by atoms with van der Waals surface area (Å²) in [6, 6.07) is 16.5. The van der Waals surface area contributed by atoms with Crippen molar-refractivity contribution in [3.8, 4) is 0 Å². The van der Waals surface area contributed by atoms with Gasteiger partial charge in [-0.1, -0.05) is 36.4 Å². The minimum absolute atomic E-state index is 0.0405. The van der Waals surface area contributed by atoms with Crippen LogP contribution in [0.15, 0.2) is 48.5 Å². The molecule has 4 heteroatoms. The van der Waals surface area contributed by atoms with Gasteiger partial charge in [0.05, 0.1) is 0 Å². The molecule has 116 valence electrons. The molecule has 0 atom stereocenters. The fraction of sp³-hybridized carbons (Fsp3) is 0.263. The van der Waals surface area contributed by atoms with E-state index in [0.717, 1.165) is 11.3 Å². The van der Waals surface area contributed by atoms with Crippen LogP contribution in [0.2, 0.25) is 0 Å². The molecule has 0 radical (unpaired) electrons. The van der Waals surface area contributed by atoms with Gasteiger partial charge in [-0.25, -0.2) is 0 Å². The highest BCUT2D eigenvalue weighted by atomic mass is 16.2. The van der Waals surface area contributed by atoms with Crippen LogP contribution in [-0.4, -0.2) is 28.1 Å². The Labute approximate surface area is 135 Å². The zero-order chi connectivity index (χ0) is 15.8. The highest BCUT2D eigenvalue weighted by Gasteiger charge is 2.27. The molecule has 0 aliphatic heterocycles. The second kappa shape index (κ2) is 5.54. The van der Waals surface area contributed by atoms with E-state index in [-0.39, 0.29) is 5.91 Å². The van der Waals surface area contributed by atoms with E-state index < -0.39 is 0 Å². The van der Waals surface area contributed by atoms with Crippen LogP contribution < -0.4 is 0 Å².